The summed E-state index contributed by atoms with van der Waals surface area (Å²) in [7, 11) is 0. The van der Waals surface area contributed by atoms with Gasteiger partial charge < -0.3 is 4.74 Å². The highest BCUT2D eigenvalue weighted by Crippen LogP contribution is 2.28. The molecule has 4 nitrogen and oxygen atoms in total. The zero-order valence-electron chi connectivity index (χ0n) is 17.7. The first-order valence-electron chi connectivity index (χ1n) is 10.3. The van der Waals surface area contributed by atoms with Crippen LogP contribution >= 0.6 is 22.9 Å². The number of anilines is 1. The van der Waals surface area contributed by atoms with Crippen molar-refractivity contribution in [3.8, 4) is 17.0 Å². The molecule has 1 heterocycles. The molecule has 162 valence electrons. The predicted molar refractivity (Wildman–Crippen MR) is 132 cm³/mol. The Morgan fingerprint density at radius 1 is 1.00 bits per heavy atom. The molecule has 0 aliphatic carbocycles. The van der Waals surface area contributed by atoms with Crippen molar-refractivity contribution in [1.82, 2.24) is 4.98 Å². The fourth-order valence-corrected chi connectivity index (χ4v) is 4.21. The number of halogens is 1. The summed E-state index contributed by atoms with van der Waals surface area (Å²) >= 11 is 7.39. The molecule has 0 bridgehead atoms. The van der Waals surface area contributed by atoms with Crippen LogP contribution in [-0.2, 0) is 11.2 Å². The van der Waals surface area contributed by atoms with Crippen LogP contribution in [0.25, 0.3) is 11.3 Å². The third-order valence-electron chi connectivity index (χ3n) is 5.01. The standard InChI is InChI=1S/C26H23ClN2O2S/c1-19-7-9-21(10-8-19)24-18-32-26(28-24)29(16-15-20-5-3-2-4-6-20)25(30)17-31-23-13-11-22(27)12-14-23/h2-14,18H,15-17H2,1H3. The molecule has 4 aromatic rings. The second kappa shape index (κ2) is 10.4. The number of nitrogens with zero attached hydrogens (tertiary/aromatic N) is 2. The number of carbonyl (C=O) groups is 1. The Kier molecular flexibility index (Phi) is 7.20. The maximum absolute atomic E-state index is 13.1. The molecule has 0 saturated carbocycles. The van der Waals surface area contributed by atoms with Crippen LogP contribution in [-0.4, -0.2) is 24.0 Å². The minimum Gasteiger partial charge on any atom is -0.484 e. The van der Waals surface area contributed by atoms with Gasteiger partial charge in [0.2, 0.25) is 0 Å². The van der Waals surface area contributed by atoms with Crippen molar-refractivity contribution in [1.29, 1.82) is 0 Å². The van der Waals surface area contributed by atoms with Crippen molar-refractivity contribution >= 4 is 34.0 Å². The zero-order chi connectivity index (χ0) is 22.3. The molecular formula is C26H23ClN2O2S. The van der Waals surface area contributed by atoms with Crippen LogP contribution in [0, 0.1) is 6.92 Å². The summed E-state index contributed by atoms with van der Waals surface area (Å²) in [6.07, 6.45) is 0.729. The summed E-state index contributed by atoms with van der Waals surface area (Å²) in [6, 6.07) is 25.3. The Morgan fingerprint density at radius 3 is 2.44 bits per heavy atom. The largest absolute Gasteiger partial charge is 0.484 e. The zero-order valence-corrected chi connectivity index (χ0v) is 19.3. The quantitative estimate of drug-likeness (QED) is 0.303. The molecule has 0 aliphatic heterocycles. The van der Waals surface area contributed by atoms with Crippen molar-refractivity contribution in [2.75, 3.05) is 18.1 Å². The molecule has 0 fully saturated rings. The summed E-state index contributed by atoms with van der Waals surface area (Å²) < 4.78 is 5.71. The average Bonchev–Trinajstić information content (AvgIpc) is 3.30. The lowest BCUT2D eigenvalue weighted by molar-refractivity contribution is -0.120. The van der Waals surface area contributed by atoms with Crippen LogP contribution in [0.2, 0.25) is 5.02 Å². The predicted octanol–water partition coefficient (Wildman–Crippen LogP) is 6.43. The van der Waals surface area contributed by atoms with Crippen molar-refractivity contribution in [2.24, 2.45) is 0 Å². The topological polar surface area (TPSA) is 42.4 Å². The van der Waals surface area contributed by atoms with Gasteiger partial charge in [0.1, 0.15) is 5.75 Å². The van der Waals surface area contributed by atoms with E-state index in [0.29, 0.717) is 22.4 Å². The first kappa shape index (κ1) is 22.1. The van der Waals surface area contributed by atoms with Gasteiger partial charge in [0.05, 0.1) is 5.69 Å². The molecule has 3 aromatic carbocycles. The van der Waals surface area contributed by atoms with E-state index in [1.54, 1.807) is 29.2 Å². The average molecular weight is 463 g/mol. The summed E-state index contributed by atoms with van der Waals surface area (Å²) in [6.45, 7) is 2.50. The van der Waals surface area contributed by atoms with E-state index in [2.05, 4.69) is 31.2 Å². The number of aryl methyl sites for hydroxylation is 1. The van der Waals surface area contributed by atoms with Gasteiger partial charge >= 0.3 is 0 Å². The number of benzene rings is 3. The lowest BCUT2D eigenvalue weighted by Crippen LogP contribution is -2.36. The van der Waals surface area contributed by atoms with Gasteiger partial charge in [-0.1, -0.05) is 71.8 Å². The SMILES string of the molecule is Cc1ccc(-c2csc(N(CCc3ccccc3)C(=O)COc3ccc(Cl)cc3)n2)cc1. The monoisotopic (exact) mass is 462 g/mol. The first-order valence-corrected chi connectivity index (χ1v) is 11.6. The van der Waals surface area contributed by atoms with Gasteiger partial charge in [0.15, 0.2) is 11.7 Å². The van der Waals surface area contributed by atoms with E-state index in [1.165, 1.54) is 22.5 Å². The first-order chi connectivity index (χ1) is 15.6. The number of hydrogen-bond donors (Lipinski definition) is 0. The maximum Gasteiger partial charge on any atom is 0.266 e. The molecule has 0 unspecified atom stereocenters. The summed E-state index contributed by atoms with van der Waals surface area (Å²) in [5, 5.41) is 3.28. The maximum atomic E-state index is 13.1. The van der Waals surface area contributed by atoms with Gasteiger partial charge in [-0.3, -0.25) is 9.69 Å². The third kappa shape index (κ3) is 5.75. The molecule has 6 heteroatoms. The Hall–Kier alpha value is -3.15. The smallest absolute Gasteiger partial charge is 0.266 e. The van der Waals surface area contributed by atoms with E-state index < -0.39 is 0 Å². The highest BCUT2D eigenvalue weighted by Gasteiger charge is 2.20. The minimum atomic E-state index is -0.138. The molecule has 1 aromatic heterocycles. The van der Waals surface area contributed by atoms with Crippen LogP contribution in [0.1, 0.15) is 11.1 Å². The van der Waals surface area contributed by atoms with Crippen molar-refractivity contribution < 1.29 is 9.53 Å². The number of amides is 1. The van der Waals surface area contributed by atoms with E-state index >= 15 is 0 Å². The van der Waals surface area contributed by atoms with Crippen LogP contribution in [0.4, 0.5) is 5.13 Å². The number of carbonyl (C=O) groups excluding carboxylic acids is 1. The Morgan fingerprint density at radius 2 is 1.72 bits per heavy atom. The van der Waals surface area contributed by atoms with Gasteiger partial charge in [-0.05, 0) is 43.2 Å². The lowest BCUT2D eigenvalue weighted by atomic mass is 10.1. The molecule has 0 spiro atoms. The number of ether oxygens (including phenoxy) is 1. The molecule has 0 radical (unpaired) electrons. The highest BCUT2D eigenvalue weighted by atomic mass is 35.5. The van der Waals surface area contributed by atoms with E-state index in [0.717, 1.165) is 17.7 Å². The molecular weight excluding hydrogens is 440 g/mol. The fraction of sp³-hybridized carbons (Fsp3) is 0.154. The molecule has 0 N–H and O–H groups in total. The van der Waals surface area contributed by atoms with E-state index in [1.807, 2.05) is 35.7 Å². The summed E-state index contributed by atoms with van der Waals surface area (Å²) in [4.78, 5) is 19.6. The number of thiazole rings is 1. The van der Waals surface area contributed by atoms with E-state index in [4.69, 9.17) is 21.3 Å². The minimum absolute atomic E-state index is 0.0735. The van der Waals surface area contributed by atoms with E-state index in [-0.39, 0.29) is 12.5 Å². The van der Waals surface area contributed by atoms with Crippen molar-refractivity contribution in [2.45, 2.75) is 13.3 Å². The second-order valence-electron chi connectivity index (χ2n) is 7.40. The van der Waals surface area contributed by atoms with Crippen LogP contribution in [0.3, 0.4) is 0 Å². The molecule has 0 aliphatic rings. The summed E-state index contributed by atoms with van der Waals surface area (Å²) in [5.74, 6) is 0.464. The van der Waals surface area contributed by atoms with Gasteiger partial charge in [0, 0.05) is 22.5 Å². The van der Waals surface area contributed by atoms with Gasteiger partial charge in [-0.15, -0.1) is 11.3 Å². The van der Waals surface area contributed by atoms with Crippen molar-refractivity contribution in [3.05, 3.63) is 100 Å². The lowest BCUT2D eigenvalue weighted by Gasteiger charge is -2.20. The Balaban J connectivity index is 1.52. The van der Waals surface area contributed by atoms with Gasteiger partial charge in [-0.25, -0.2) is 4.98 Å². The molecule has 1 amide bonds. The molecule has 0 atom stereocenters. The Bertz CT molecular complexity index is 1160. The number of hydrogen-bond acceptors (Lipinski definition) is 4. The normalized spacial score (nSPS) is 10.7. The molecule has 4 rings (SSSR count). The number of rotatable bonds is 8. The van der Waals surface area contributed by atoms with E-state index in [9.17, 15) is 4.79 Å². The van der Waals surface area contributed by atoms with Crippen LogP contribution < -0.4 is 9.64 Å². The highest BCUT2D eigenvalue weighted by molar-refractivity contribution is 7.14. The second-order valence-corrected chi connectivity index (χ2v) is 8.68. The van der Waals surface area contributed by atoms with Gasteiger partial charge in [0.25, 0.3) is 5.91 Å². The summed E-state index contributed by atoms with van der Waals surface area (Å²) in [5.41, 5.74) is 4.26. The van der Waals surface area contributed by atoms with Gasteiger partial charge in [-0.2, -0.15) is 0 Å². The number of aromatic nitrogens is 1. The Labute approximate surface area is 197 Å². The molecule has 0 saturated heterocycles. The van der Waals surface area contributed by atoms with Crippen molar-refractivity contribution in [3.63, 3.8) is 0 Å². The van der Waals surface area contributed by atoms with Crippen LogP contribution in [0.15, 0.2) is 84.2 Å². The molecule has 32 heavy (non-hydrogen) atoms. The fourth-order valence-electron chi connectivity index (χ4n) is 3.21. The van der Waals surface area contributed by atoms with Crippen LogP contribution in [0.5, 0.6) is 5.75 Å². The third-order valence-corrected chi connectivity index (χ3v) is 6.13.